The second-order valence-corrected chi connectivity index (χ2v) is 11.8. The summed E-state index contributed by atoms with van der Waals surface area (Å²) in [6, 6.07) is 12.2. The zero-order valence-electron chi connectivity index (χ0n) is 25.2. The zero-order valence-corrected chi connectivity index (χ0v) is 25.2. The van der Waals surface area contributed by atoms with Crippen molar-refractivity contribution in [2.75, 3.05) is 13.7 Å². The predicted molar refractivity (Wildman–Crippen MR) is 162 cm³/mol. The van der Waals surface area contributed by atoms with Gasteiger partial charge >= 0.3 is 0 Å². The summed E-state index contributed by atoms with van der Waals surface area (Å²) in [6.07, 6.45) is 6.73. The van der Waals surface area contributed by atoms with E-state index in [2.05, 4.69) is 53.7 Å². The maximum absolute atomic E-state index is 13.4. The first-order valence-electron chi connectivity index (χ1n) is 15.1. The first kappa shape index (κ1) is 30.6. The molecule has 2 amide bonds. The topological polar surface area (TPSA) is 115 Å². The van der Waals surface area contributed by atoms with Crippen molar-refractivity contribution < 1.29 is 19.1 Å². The van der Waals surface area contributed by atoms with Crippen molar-refractivity contribution in [3.63, 3.8) is 0 Å². The van der Waals surface area contributed by atoms with Crippen LogP contribution in [0.5, 0.6) is 5.75 Å². The Bertz CT molecular complexity index is 1270. The van der Waals surface area contributed by atoms with Gasteiger partial charge in [-0.3, -0.25) is 14.9 Å². The zero-order chi connectivity index (χ0) is 29.6. The lowest BCUT2D eigenvalue weighted by atomic mass is 9.88. The molecular formula is C33H46N4O4. The summed E-state index contributed by atoms with van der Waals surface area (Å²) in [7, 11) is 1.74. The Kier molecular flexibility index (Phi) is 10.1. The van der Waals surface area contributed by atoms with Gasteiger partial charge in [-0.2, -0.15) is 0 Å². The molecule has 0 radical (unpaired) electrons. The number of nitrogens with one attached hydrogen (secondary N) is 2. The molecule has 0 fully saturated rings. The number of methoxy groups -OCH3 is 1. The van der Waals surface area contributed by atoms with E-state index < -0.39 is 0 Å². The van der Waals surface area contributed by atoms with E-state index in [-0.39, 0.29) is 35.5 Å². The highest BCUT2D eigenvalue weighted by molar-refractivity contribution is 5.98. The Hall–Kier alpha value is -3.39. The molecular weight excluding hydrogens is 516 g/mol. The number of aliphatic imine (C=N–C) groups is 1. The number of nitrogens with two attached hydrogens (primary N) is 1. The van der Waals surface area contributed by atoms with Crippen LogP contribution in [-0.2, 0) is 28.8 Å². The number of aryl methyl sites for hydroxylation is 1. The van der Waals surface area contributed by atoms with Gasteiger partial charge in [0.05, 0.1) is 12.1 Å². The van der Waals surface area contributed by atoms with Crippen LogP contribution in [0.4, 0.5) is 0 Å². The molecule has 2 aromatic rings. The van der Waals surface area contributed by atoms with E-state index in [1.807, 2.05) is 26.0 Å². The Morgan fingerprint density at radius 3 is 2.66 bits per heavy atom. The van der Waals surface area contributed by atoms with Crippen LogP contribution < -0.4 is 21.1 Å². The number of ether oxygens (including phenoxy) is 2. The number of carbonyl (C=O) groups excluding carboxylic acids is 2. The van der Waals surface area contributed by atoms with E-state index in [4.69, 9.17) is 15.2 Å². The van der Waals surface area contributed by atoms with Crippen molar-refractivity contribution in [2.45, 2.75) is 96.7 Å². The average Bonchev–Trinajstić information content (AvgIpc) is 3.33. The number of unbranched alkanes of at least 4 members (excludes halogenated alkanes) is 1. The van der Waals surface area contributed by atoms with Crippen LogP contribution in [0.1, 0.15) is 98.5 Å². The molecule has 0 spiro atoms. The van der Waals surface area contributed by atoms with Gasteiger partial charge in [-0.05, 0) is 86.8 Å². The Balaban J connectivity index is 0.00000189. The van der Waals surface area contributed by atoms with Crippen LogP contribution >= 0.6 is 0 Å². The molecule has 41 heavy (non-hydrogen) atoms. The SMILES string of the molecule is CC.COCC1Cc2ccc(C(=O)NC3CC(C)(C)Oc4ccc(CCCCC5CC(=O)NC(N)=N5)cc43)cc2C1. The van der Waals surface area contributed by atoms with Crippen LogP contribution in [0.15, 0.2) is 41.4 Å². The molecule has 2 aliphatic heterocycles. The highest BCUT2D eigenvalue weighted by atomic mass is 16.5. The van der Waals surface area contributed by atoms with E-state index in [9.17, 15) is 9.59 Å². The molecule has 1 aliphatic carbocycles. The smallest absolute Gasteiger partial charge is 0.251 e. The Morgan fingerprint density at radius 2 is 1.90 bits per heavy atom. The van der Waals surface area contributed by atoms with Crippen LogP contribution in [0.2, 0.25) is 0 Å². The molecule has 8 nitrogen and oxygen atoms in total. The van der Waals surface area contributed by atoms with Gasteiger partial charge in [0.1, 0.15) is 11.4 Å². The van der Waals surface area contributed by atoms with Gasteiger partial charge in [0.15, 0.2) is 5.96 Å². The van der Waals surface area contributed by atoms with Gasteiger partial charge in [0.25, 0.3) is 5.91 Å². The van der Waals surface area contributed by atoms with Crippen molar-refractivity contribution in [2.24, 2.45) is 16.6 Å². The first-order chi connectivity index (χ1) is 19.7. The maximum atomic E-state index is 13.4. The summed E-state index contributed by atoms with van der Waals surface area (Å²) >= 11 is 0. The van der Waals surface area contributed by atoms with Crippen molar-refractivity contribution in [1.82, 2.24) is 10.6 Å². The summed E-state index contributed by atoms with van der Waals surface area (Å²) < 4.78 is 11.6. The fourth-order valence-electron chi connectivity index (χ4n) is 6.19. The Labute approximate surface area is 244 Å². The number of carbonyl (C=O) groups is 2. The van der Waals surface area contributed by atoms with Gasteiger partial charge in [-0.1, -0.05) is 38.5 Å². The second-order valence-electron chi connectivity index (χ2n) is 11.8. The standard InChI is InChI=1S/C31H40N4O4.C2H6/c1-31(2)17-26(34-29(37)22-10-9-21-12-20(18-38-3)13-23(21)15-22)25-14-19(8-11-27(25)39-31)6-4-5-7-24-16-28(36)35-30(32)33-24;1-2/h8-11,14-15,20,24,26H,4-7,12-13,16-18H2,1-3H3,(H,34,37)(H3,32,33,35,36);1-2H3. The number of nitrogens with zero attached hydrogens (tertiary/aromatic N) is 1. The molecule has 0 aromatic heterocycles. The molecule has 3 atom stereocenters. The molecule has 3 unspecified atom stereocenters. The summed E-state index contributed by atoms with van der Waals surface area (Å²) in [5.41, 5.74) is 10.8. The third-order valence-electron chi connectivity index (χ3n) is 7.99. The van der Waals surface area contributed by atoms with E-state index in [1.165, 1.54) is 16.7 Å². The van der Waals surface area contributed by atoms with E-state index >= 15 is 0 Å². The summed E-state index contributed by atoms with van der Waals surface area (Å²) in [5, 5.41) is 5.86. The molecule has 8 heteroatoms. The van der Waals surface area contributed by atoms with Gasteiger partial charge in [-0.25, -0.2) is 4.99 Å². The maximum Gasteiger partial charge on any atom is 0.251 e. The minimum atomic E-state index is -0.383. The third-order valence-corrected chi connectivity index (χ3v) is 7.99. The fraction of sp³-hybridized carbons (Fsp3) is 0.545. The number of fused-ring (bicyclic) bond motifs is 2. The summed E-state index contributed by atoms with van der Waals surface area (Å²) in [5.74, 6) is 1.42. The van der Waals surface area contributed by atoms with Crippen LogP contribution in [0.25, 0.3) is 0 Å². The largest absolute Gasteiger partial charge is 0.487 e. The summed E-state index contributed by atoms with van der Waals surface area (Å²) in [6.45, 7) is 8.87. The number of hydrogen-bond donors (Lipinski definition) is 3. The lowest BCUT2D eigenvalue weighted by Crippen LogP contribution is -2.43. The van der Waals surface area contributed by atoms with Gasteiger partial charge in [0, 0.05) is 37.7 Å². The van der Waals surface area contributed by atoms with Crippen LogP contribution in [-0.4, -0.2) is 43.1 Å². The third kappa shape index (κ3) is 7.88. The lowest BCUT2D eigenvalue weighted by molar-refractivity contribution is -0.120. The molecule has 0 saturated carbocycles. The molecule has 3 aliphatic rings. The lowest BCUT2D eigenvalue weighted by Gasteiger charge is -2.38. The number of benzene rings is 2. The van der Waals surface area contributed by atoms with E-state index in [1.54, 1.807) is 7.11 Å². The number of rotatable bonds is 9. The second kappa shape index (κ2) is 13.5. The normalized spacial score (nSPS) is 22.2. The number of guanidine groups is 1. The molecule has 4 N–H and O–H groups in total. The van der Waals surface area contributed by atoms with E-state index in [0.29, 0.717) is 24.3 Å². The monoisotopic (exact) mass is 562 g/mol. The quantitative estimate of drug-likeness (QED) is 0.371. The van der Waals surface area contributed by atoms with Gasteiger partial charge in [-0.15, -0.1) is 0 Å². The molecule has 5 rings (SSSR count). The highest BCUT2D eigenvalue weighted by Gasteiger charge is 2.35. The first-order valence-corrected chi connectivity index (χ1v) is 15.1. The fourth-order valence-corrected chi connectivity index (χ4v) is 6.19. The van der Waals surface area contributed by atoms with Crippen LogP contribution in [0, 0.1) is 5.92 Å². The van der Waals surface area contributed by atoms with Crippen molar-refractivity contribution in [3.8, 4) is 5.75 Å². The minimum absolute atomic E-state index is 0.0393. The number of amides is 2. The molecule has 0 bridgehead atoms. The van der Waals surface area contributed by atoms with Crippen molar-refractivity contribution >= 4 is 17.8 Å². The highest BCUT2D eigenvalue weighted by Crippen LogP contribution is 2.40. The van der Waals surface area contributed by atoms with Gasteiger partial charge in [0.2, 0.25) is 5.91 Å². The average molecular weight is 563 g/mol. The van der Waals surface area contributed by atoms with E-state index in [0.717, 1.165) is 56.4 Å². The van der Waals surface area contributed by atoms with Crippen molar-refractivity contribution in [1.29, 1.82) is 0 Å². The van der Waals surface area contributed by atoms with Crippen molar-refractivity contribution in [3.05, 3.63) is 64.2 Å². The predicted octanol–water partition coefficient (Wildman–Crippen LogP) is 5.02. The molecule has 2 heterocycles. The molecule has 0 saturated heterocycles. The van der Waals surface area contributed by atoms with Gasteiger partial charge < -0.3 is 20.5 Å². The molecule has 2 aromatic carbocycles. The number of hydrogen-bond acceptors (Lipinski definition) is 6. The minimum Gasteiger partial charge on any atom is -0.487 e. The summed E-state index contributed by atoms with van der Waals surface area (Å²) in [4.78, 5) is 29.4. The molecule has 222 valence electrons. The van der Waals surface area contributed by atoms with Crippen LogP contribution in [0.3, 0.4) is 0 Å². The Morgan fingerprint density at radius 1 is 1.12 bits per heavy atom.